The van der Waals surface area contributed by atoms with Gasteiger partial charge in [-0.2, -0.15) is 9.97 Å². The van der Waals surface area contributed by atoms with Crippen molar-refractivity contribution in [1.82, 2.24) is 24.5 Å². The number of fused-ring (bicyclic) bond motifs is 7. The van der Waals surface area contributed by atoms with Crippen molar-refractivity contribution < 1.29 is 4.42 Å². The lowest BCUT2D eigenvalue weighted by molar-refractivity contribution is 0.620. The smallest absolute Gasteiger partial charge is 0.238 e. The van der Waals surface area contributed by atoms with Crippen LogP contribution >= 0.6 is 11.3 Å². The third-order valence-electron chi connectivity index (χ3n) is 9.92. The standard InChI is InChI=1S/C46H27N5OS/c1-3-13-28(14-4-1)31-18-12-23-38-41(31)33-17-7-9-22-37(33)51(38)46-49-43(29-15-5-2-6-16-29)48-44(50-46)34-20-11-19-32-35-27-30(25-26-40(35)53-42(32)34)45-47-36-21-8-10-24-39(36)52-45/h1-27H. The number of hydrogen-bond acceptors (Lipinski definition) is 6. The fraction of sp³-hybridized carbons (Fsp3) is 0. The molecule has 0 aliphatic heterocycles. The summed E-state index contributed by atoms with van der Waals surface area (Å²) in [6.45, 7) is 0. The van der Waals surface area contributed by atoms with Gasteiger partial charge in [0, 0.05) is 47.6 Å². The summed E-state index contributed by atoms with van der Waals surface area (Å²) in [5.41, 5.74) is 8.85. The van der Waals surface area contributed by atoms with Crippen molar-refractivity contribution in [1.29, 1.82) is 0 Å². The van der Waals surface area contributed by atoms with Crippen molar-refractivity contribution in [2.45, 2.75) is 0 Å². The quantitative estimate of drug-likeness (QED) is 0.179. The monoisotopic (exact) mass is 697 g/mol. The molecule has 4 aromatic heterocycles. The Hall–Kier alpha value is -6.96. The van der Waals surface area contributed by atoms with E-state index in [-0.39, 0.29) is 0 Å². The minimum absolute atomic E-state index is 0.571. The first kappa shape index (κ1) is 29.7. The second-order valence-electron chi connectivity index (χ2n) is 13.0. The number of nitrogens with zero attached hydrogens (tertiary/aromatic N) is 5. The number of para-hydroxylation sites is 3. The number of oxazole rings is 1. The van der Waals surface area contributed by atoms with Gasteiger partial charge in [-0.25, -0.2) is 9.97 Å². The number of hydrogen-bond donors (Lipinski definition) is 0. The molecule has 0 aliphatic rings. The van der Waals surface area contributed by atoms with Crippen molar-refractivity contribution in [2.75, 3.05) is 0 Å². The van der Waals surface area contributed by atoms with E-state index in [4.69, 9.17) is 24.4 Å². The summed E-state index contributed by atoms with van der Waals surface area (Å²) in [4.78, 5) is 20.4. The van der Waals surface area contributed by atoms with Gasteiger partial charge in [0.15, 0.2) is 17.2 Å². The topological polar surface area (TPSA) is 69.6 Å². The predicted octanol–water partition coefficient (Wildman–Crippen LogP) is 12.1. The van der Waals surface area contributed by atoms with Crippen LogP contribution in [-0.2, 0) is 0 Å². The molecule has 4 heterocycles. The van der Waals surface area contributed by atoms with E-state index < -0.39 is 0 Å². The molecule has 11 aromatic rings. The molecule has 0 spiro atoms. The maximum atomic E-state index is 6.14. The summed E-state index contributed by atoms with van der Waals surface area (Å²) in [7, 11) is 0. The highest BCUT2D eigenvalue weighted by molar-refractivity contribution is 7.26. The van der Waals surface area contributed by atoms with E-state index in [1.165, 1.54) is 15.6 Å². The van der Waals surface area contributed by atoms with Gasteiger partial charge in [-0.15, -0.1) is 11.3 Å². The molecule has 53 heavy (non-hydrogen) atoms. The molecular formula is C46H27N5OS. The Morgan fingerprint density at radius 3 is 2.04 bits per heavy atom. The molecular weight excluding hydrogens is 671 g/mol. The van der Waals surface area contributed by atoms with Crippen LogP contribution < -0.4 is 0 Å². The molecule has 0 bridgehead atoms. The highest BCUT2D eigenvalue weighted by Gasteiger charge is 2.21. The third kappa shape index (κ3) is 4.79. The molecule has 0 saturated heterocycles. The summed E-state index contributed by atoms with van der Waals surface area (Å²) >= 11 is 1.74. The lowest BCUT2D eigenvalue weighted by atomic mass is 9.99. The van der Waals surface area contributed by atoms with E-state index in [1.807, 2.05) is 42.5 Å². The first-order chi connectivity index (χ1) is 26.3. The Labute approximate surface area is 307 Å². The number of benzene rings is 7. The minimum Gasteiger partial charge on any atom is -0.436 e. The molecule has 0 unspecified atom stereocenters. The Balaban J connectivity index is 1.14. The van der Waals surface area contributed by atoms with E-state index >= 15 is 0 Å². The van der Waals surface area contributed by atoms with Gasteiger partial charge in [-0.3, -0.25) is 4.57 Å². The SMILES string of the molecule is c1ccc(-c2nc(-c3cccc4c3sc3ccc(-c5nc6ccccc6o5)cc34)nc(-n3c4ccccc4c4c(-c5ccccc5)cccc43)n2)cc1. The van der Waals surface area contributed by atoms with Crippen LogP contribution in [0.5, 0.6) is 0 Å². The number of aromatic nitrogens is 5. The lowest BCUT2D eigenvalue weighted by Crippen LogP contribution is -2.06. The van der Waals surface area contributed by atoms with Crippen molar-refractivity contribution >= 4 is 64.4 Å². The number of rotatable bonds is 5. The number of thiophene rings is 1. The molecule has 7 heteroatoms. The van der Waals surface area contributed by atoms with Gasteiger partial charge in [-0.1, -0.05) is 115 Å². The zero-order valence-electron chi connectivity index (χ0n) is 28.1. The van der Waals surface area contributed by atoms with Gasteiger partial charge in [0.25, 0.3) is 0 Å². The van der Waals surface area contributed by atoms with E-state index in [0.717, 1.165) is 65.2 Å². The summed E-state index contributed by atoms with van der Waals surface area (Å²) in [5, 5.41) is 4.58. The molecule has 0 amide bonds. The largest absolute Gasteiger partial charge is 0.436 e. The first-order valence-electron chi connectivity index (χ1n) is 17.5. The summed E-state index contributed by atoms with van der Waals surface area (Å²) < 4.78 is 10.6. The summed E-state index contributed by atoms with van der Waals surface area (Å²) in [5.74, 6) is 2.42. The average molecular weight is 698 g/mol. The summed E-state index contributed by atoms with van der Waals surface area (Å²) in [6, 6.07) is 56.4. The fourth-order valence-electron chi connectivity index (χ4n) is 7.50. The average Bonchev–Trinajstić information content (AvgIpc) is 3.93. The third-order valence-corrected chi connectivity index (χ3v) is 11.1. The molecule has 0 fully saturated rings. The zero-order chi connectivity index (χ0) is 34.9. The van der Waals surface area contributed by atoms with E-state index in [9.17, 15) is 0 Å². The van der Waals surface area contributed by atoms with Gasteiger partial charge in [-0.05, 0) is 59.7 Å². The van der Waals surface area contributed by atoms with Crippen molar-refractivity contribution in [2.24, 2.45) is 0 Å². The van der Waals surface area contributed by atoms with E-state index in [0.29, 0.717) is 23.5 Å². The highest BCUT2D eigenvalue weighted by atomic mass is 32.1. The maximum Gasteiger partial charge on any atom is 0.238 e. The van der Waals surface area contributed by atoms with Gasteiger partial charge >= 0.3 is 0 Å². The van der Waals surface area contributed by atoms with Gasteiger partial charge in [0.05, 0.1) is 11.0 Å². The van der Waals surface area contributed by atoms with Crippen LogP contribution in [0.2, 0.25) is 0 Å². The maximum absolute atomic E-state index is 6.14. The lowest BCUT2D eigenvalue weighted by Gasteiger charge is -2.11. The van der Waals surface area contributed by atoms with Gasteiger partial charge < -0.3 is 4.42 Å². The second kappa shape index (κ2) is 11.8. The zero-order valence-corrected chi connectivity index (χ0v) is 29.0. The molecule has 11 rings (SSSR count). The second-order valence-corrected chi connectivity index (χ2v) is 14.1. The van der Waals surface area contributed by atoms with Crippen LogP contribution in [0.4, 0.5) is 0 Å². The Bertz CT molecular complexity index is 3150. The minimum atomic E-state index is 0.571. The fourth-order valence-corrected chi connectivity index (χ4v) is 8.69. The normalized spacial score (nSPS) is 11.8. The molecule has 6 nitrogen and oxygen atoms in total. The molecule has 7 aromatic carbocycles. The van der Waals surface area contributed by atoms with Crippen LogP contribution in [0.15, 0.2) is 168 Å². The van der Waals surface area contributed by atoms with E-state index in [2.05, 4.69) is 126 Å². The Morgan fingerprint density at radius 1 is 0.472 bits per heavy atom. The van der Waals surface area contributed by atoms with Crippen LogP contribution in [0, 0.1) is 0 Å². The van der Waals surface area contributed by atoms with Crippen molar-refractivity contribution in [3.63, 3.8) is 0 Å². The van der Waals surface area contributed by atoms with Crippen LogP contribution in [0.1, 0.15) is 0 Å². The Kier molecular flexibility index (Phi) is 6.62. The van der Waals surface area contributed by atoms with Crippen LogP contribution in [0.25, 0.3) is 104 Å². The van der Waals surface area contributed by atoms with Crippen molar-refractivity contribution in [3.8, 4) is 51.3 Å². The van der Waals surface area contributed by atoms with E-state index in [1.54, 1.807) is 11.3 Å². The van der Waals surface area contributed by atoms with Gasteiger partial charge in [0.2, 0.25) is 11.8 Å². The van der Waals surface area contributed by atoms with Gasteiger partial charge in [0.1, 0.15) is 5.52 Å². The molecule has 0 saturated carbocycles. The van der Waals surface area contributed by atoms with Crippen LogP contribution in [-0.4, -0.2) is 24.5 Å². The molecule has 248 valence electrons. The highest BCUT2D eigenvalue weighted by Crippen LogP contribution is 2.42. The molecule has 0 N–H and O–H groups in total. The van der Waals surface area contributed by atoms with Crippen LogP contribution in [0.3, 0.4) is 0 Å². The molecule has 0 atom stereocenters. The Morgan fingerprint density at radius 2 is 1.17 bits per heavy atom. The van der Waals surface area contributed by atoms with Crippen molar-refractivity contribution in [3.05, 3.63) is 164 Å². The molecule has 0 radical (unpaired) electrons. The predicted molar refractivity (Wildman–Crippen MR) is 216 cm³/mol. The molecule has 0 aliphatic carbocycles. The summed E-state index contributed by atoms with van der Waals surface area (Å²) in [6.07, 6.45) is 0. The first-order valence-corrected chi connectivity index (χ1v) is 18.3.